The van der Waals surface area contributed by atoms with Gasteiger partial charge in [0.2, 0.25) is 0 Å². The van der Waals surface area contributed by atoms with E-state index in [9.17, 15) is 0 Å². The molecule has 0 aliphatic rings. The molecular weight excluding hydrogens is 363 g/mol. The van der Waals surface area contributed by atoms with Gasteiger partial charge in [0.1, 0.15) is 12.4 Å². The van der Waals surface area contributed by atoms with Crippen molar-refractivity contribution in [3.8, 4) is 11.8 Å². The van der Waals surface area contributed by atoms with Gasteiger partial charge < -0.3 is 10.1 Å². The van der Waals surface area contributed by atoms with E-state index in [0.717, 1.165) is 15.9 Å². The molecule has 0 saturated heterocycles. The number of nitrogens with one attached hydrogen (secondary N) is 1. The molecule has 0 bridgehead atoms. The van der Waals surface area contributed by atoms with Crippen molar-refractivity contribution in [1.29, 1.82) is 5.26 Å². The van der Waals surface area contributed by atoms with Crippen molar-refractivity contribution < 1.29 is 4.74 Å². The van der Waals surface area contributed by atoms with Crippen LogP contribution in [0.2, 0.25) is 0 Å². The number of nitrogens with zero attached hydrogens (tertiary/aromatic N) is 1. The Labute approximate surface area is 132 Å². The van der Waals surface area contributed by atoms with E-state index in [2.05, 4.69) is 46.1 Å². The number of ether oxygens (including phenoxy) is 1. The molecule has 4 heteroatoms. The third-order valence-corrected chi connectivity index (χ3v) is 3.82. The molecule has 0 aromatic heterocycles. The molecule has 2 aromatic carbocycles. The molecule has 0 saturated carbocycles. The van der Waals surface area contributed by atoms with Crippen LogP contribution in [0.15, 0.2) is 42.5 Å². The molecule has 0 unspecified atom stereocenters. The smallest absolute Gasteiger partial charge is 0.121 e. The number of nitriles is 1. The summed E-state index contributed by atoms with van der Waals surface area (Å²) in [6, 6.07) is 15.6. The van der Waals surface area contributed by atoms with Crippen molar-refractivity contribution in [3.05, 3.63) is 59.2 Å². The van der Waals surface area contributed by atoms with Crippen molar-refractivity contribution in [1.82, 2.24) is 0 Å². The van der Waals surface area contributed by atoms with Gasteiger partial charge in [0.25, 0.3) is 0 Å². The van der Waals surface area contributed by atoms with Crippen LogP contribution in [0.5, 0.6) is 5.75 Å². The van der Waals surface area contributed by atoms with Gasteiger partial charge in [0.05, 0.1) is 11.6 Å². The fraction of sp³-hybridized carbons (Fsp3) is 0.188. The number of benzene rings is 2. The molecule has 20 heavy (non-hydrogen) atoms. The Kier molecular flexibility index (Phi) is 5.24. The molecule has 1 N–H and O–H groups in total. The molecule has 0 fully saturated rings. The zero-order valence-corrected chi connectivity index (χ0v) is 13.3. The maximum atomic E-state index is 8.87. The lowest BCUT2D eigenvalue weighted by molar-refractivity contribution is 0.305. The molecule has 2 aromatic rings. The minimum absolute atomic E-state index is 0.511. The first-order chi connectivity index (χ1) is 9.76. The molecule has 0 atom stereocenters. The first-order valence-electron chi connectivity index (χ1n) is 6.25. The summed E-state index contributed by atoms with van der Waals surface area (Å²) in [5.41, 5.74) is 4.14. The lowest BCUT2D eigenvalue weighted by Crippen LogP contribution is -2.00. The Morgan fingerprint density at radius 3 is 2.75 bits per heavy atom. The SMILES string of the molecule is CNc1ccc(COc2cccc(C#N)c2)c(CI)c1. The van der Waals surface area contributed by atoms with Crippen molar-refractivity contribution in [2.45, 2.75) is 11.0 Å². The van der Waals surface area contributed by atoms with Gasteiger partial charge in [0.15, 0.2) is 0 Å². The predicted molar refractivity (Wildman–Crippen MR) is 89.2 cm³/mol. The lowest BCUT2D eigenvalue weighted by atomic mass is 10.1. The third-order valence-electron chi connectivity index (χ3n) is 3.00. The van der Waals surface area contributed by atoms with E-state index in [4.69, 9.17) is 10.00 Å². The van der Waals surface area contributed by atoms with Crippen LogP contribution in [-0.2, 0) is 11.0 Å². The van der Waals surface area contributed by atoms with Gasteiger partial charge in [-0.1, -0.05) is 34.7 Å². The van der Waals surface area contributed by atoms with Crippen LogP contribution in [-0.4, -0.2) is 7.05 Å². The topological polar surface area (TPSA) is 45.0 Å². The van der Waals surface area contributed by atoms with E-state index >= 15 is 0 Å². The summed E-state index contributed by atoms with van der Waals surface area (Å²) < 4.78 is 6.71. The Bertz CT molecular complexity index is 635. The summed E-state index contributed by atoms with van der Waals surface area (Å²) in [5.74, 6) is 0.723. The fourth-order valence-electron chi connectivity index (χ4n) is 1.86. The number of alkyl halides is 1. The van der Waals surface area contributed by atoms with E-state index in [1.807, 2.05) is 25.2 Å². The maximum absolute atomic E-state index is 8.87. The average Bonchev–Trinajstić information content (AvgIpc) is 2.52. The highest BCUT2D eigenvalue weighted by atomic mass is 127. The molecule has 0 spiro atoms. The van der Waals surface area contributed by atoms with Crippen LogP contribution in [0.3, 0.4) is 0 Å². The second-order valence-electron chi connectivity index (χ2n) is 4.30. The molecule has 0 radical (unpaired) electrons. The highest BCUT2D eigenvalue weighted by molar-refractivity contribution is 14.1. The van der Waals surface area contributed by atoms with E-state index in [-0.39, 0.29) is 0 Å². The number of hydrogen-bond acceptors (Lipinski definition) is 3. The highest BCUT2D eigenvalue weighted by Crippen LogP contribution is 2.21. The number of hydrogen-bond donors (Lipinski definition) is 1. The molecule has 0 heterocycles. The number of halogens is 1. The Morgan fingerprint density at radius 1 is 1.20 bits per heavy atom. The maximum Gasteiger partial charge on any atom is 0.121 e. The predicted octanol–water partition coefficient (Wildman–Crippen LogP) is 4.11. The molecule has 102 valence electrons. The molecule has 0 aliphatic heterocycles. The summed E-state index contributed by atoms with van der Waals surface area (Å²) in [4.78, 5) is 0. The van der Waals surface area contributed by atoms with E-state index < -0.39 is 0 Å². The average molecular weight is 378 g/mol. The minimum atomic E-state index is 0.511. The van der Waals surface area contributed by atoms with Crippen molar-refractivity contribution in [2.75, 3.05) is 12.4 Å². The zero-order chi connectivity index (χ0) is 14.4. The molecule has 3 nitrogen and oxygen atoms in total. The first kappa shape index (κ1) is 14.7. The first-order valence-corrected chi connectivity index (χ1v) is 7.78. The van der Waals surface area contributed by atoms with Crippen LogP contribution >= 0.6 is 22.6 Å². The quantitative estimate of drug-likeness (QED) is 0.629. The van der Waals surface area contributed by atoms with Crippen LogP contribution < -0.4 is 10.1 Å². The van der Waals surface area contributed by atoms with Crippen LogP contribution in [0, 0.1) is 11.3 Å². The third kappa shape index (κ3) is 3.64. The number of anilines is 1. The Balaban J connectivity index is 2.12. The minimum Gasteiger partial charge on any atom is -0.489 e. The second kappa shape index (κ2) is 7.15. The normalized spacial score (nSPS) is 9.85. The van der Waals surface area contributed by atoms with Gasteiger partial charge >= 0.3 is 0 Å². The van der Waals surface area contributed by atoms with Crippen molar-refractivity contribution in [2.24, 2.45) is 0 Å². The second-order valence-corrected chi connectivity index (χ2v) is 5.06. The van der Waals surface area contributed by atoms with Crippen molar-refractivity contribution >= 4 is 28.3 Å². The summed E-state index contributed by atoms with van der Waals surface area (Å²) in [7, 11) is 1.91. The fourth-order valence-corrected chi connectivity index (χ4v) is 2.57. The van der Waals surface area contributed by atoms with Crippen LogP contribution in [0.25, 0.3) is 0 Å². The van der Waals surface area contributed by atoms with Gasteiger partial charge in [-0.3, -0.25) is 0 Å². The standard InChI is InChI=1S/C16H15IN2O/c1-19-15-6-5-13(14(8-15)9-17)11-20-16-4-2-3-12(7-16)10-18/h2-8,19H,9,11H2,1H3. The van der Waals surface area contributed by atoms with E-state index in [1.54, 1.807) is 12.1 Å². The van der Waals surface area contributed by atoms with Crippen LogP contribution in [0.4, 0.5) is 5.69 Å². The van der Waals surface area contributed by atoms with E-state index in [0.29, 0.717) is 12.2 Å². The molecule has 0 aliphatic carbocycles. The highest BCUT2D eigenvalue weighted by Gasteiger charge is 2.04. The molecular formula is C16H15IN2O. The zero-order valence-electron chi connectivity index (χ0n) is 11.2. The summed E-state index contributed by atoms with van der Waals surface area (Å²) >= 11 is 2.35. The van der Waals surface area contributed by atoms with Crippen molar-refractivity contribution in [3.63, 3.8) is 0 Å². The lowest BCUT2D eigenvalue weighted by Gasteiger charge is -2.11. The monoisotopic (exact) mass is 378 g/mol. The Hall–Kier alpha value is -1.74. The van der Waals surface area contributed by atoms with Gasteiger partial charge in [-0.05, 0) is 41.5 Å². The Morgan fingerprint density at radius 2 is 2.05 bits per heavy atom. The number of rotatable bonds is 5. The van der Waals surface area contributed by atoms with Gasteiger partial charge in [-0.2, -0.15) is 5.26 Å². The summed E-state index contributed by atoms with van der Waals surface area (Å²) in [6.07, 6.45) is 0. The van der Waals surface area contributed by atoms with E-state index in [1.165, 1.54) is 11.1 Å². The largest absolute Gasteiger partial charge is 0.489 e. The van der Waals surface area contributed by atoms with Gasteiger partial charge in [0, 0.05) is 17.2 Å². The van der Waals surface area contributed by atoms with Crippen LogP contribution in [0.1, 0.15) is 16.7 Å². The molecule has 2 rings (SSSR count). The molecule has 0 amide bonds. The summed E-state index contributed by atoms with van der Waals surface area (Å²) in [6.45, 7) is 0.511. The summed E-state index contributed by atoms with van der Waals surface area (Å²) in [5, 5.41) is 12.0. The van der Waals surface area contributed by atoms with Gasteiger partial charge in [-0.15, -0.1) is 0 Å². The van der Waals surface area contributed by atoms with Gasteiger partial charge in [-0.25, -0.2) is 0 Å².